The molecule has 1 fully saturated rings. The molecule has 2 aromatic rings. The first-order valence-corrected chi connectivity index (χ1v) is 10.4. The summed E-state index contributed by atoms with van der Waals surface area (Å²) >= 11 is 0. The van der Waals surface area contributed by atoms with Crippen LogP contribution in [0.25, 0.3) is 0 Å². The maximum atomic E-state index is 13.1. The predicted molar refractivity (Wildman–Crippen MR) is 111 cm³/mol. The lowest BCUT2D eigenvalue weighted by Gasteiger charge is -2.32. The number of carbonyl (C=O) groups is 2. The standard InChI is InChI=1S/C23H24F4N2O3/c1-2-12-32-20-10-7-17(23(25,26)27)13-19(20)28-21(30)16-4-3-11-29(14-16)22(31)15-5-8-18(24)9-6-15/h5-10,13,16H,2-4,11-12,14H2,1H3,(H,28,30)/t16-/m0/s1. The van der Waals surface area contributed by atoms with E-state index in [9.17, 15) is 27.2 Å². The molecular weight excluding hydrogens is 428 g/mol. The van der Waals surface area contributed by atoms with E-state index in [2.05, 4.69) is 5.32 Å². The molecule has 0 unspecified atom stereocenters. The van der Waals surface area contributed by atoms with E-state index in [0.29, 0.717) is 31.4 Å². The number of hydrogen-bond donors (Lipinski definition) is 1. The van der Waals surface area contributed by atoms with Gasteiger partial charge in [0.15, 0.2) is 0 Å². The van der Waals surface area contributed by atoms with E-state index in [1.165, 1.54) is 35.2 Å². The summed E-state index contributed by atoms with van der Waals surface area (Å²) in [5.74, 6) is -1.71. The van der Waals surface area contributed by atoms with E-state index in [1.54, 1.807) is 0 Å². The van der Waals surface area contributed by atoms with E-state index in [0.717, 1.165) is 12.1 Å². The third kappa shape index (κ3) is 5.77. The smallest absolute Gasteiger partial charge is 0.416 e. The molecule has 9 heteroatoms. The number of anilines is 1. The molecule has 1 N–H and O–H groups in total. The van der Waals surface area contributed by atoms with E-state index >= 15 is 0 Å². The second kappa shape index (κ2) is 10.0. The zero-order valence-electron chi connectivity index (χ0n) is 17.5. The molecule has 2 amide bonds. The summed E-state index contributed by atoms with van der Waals surface area (Å²) in [6, 6.07) is 8.08. The van der Waals surface area contributed by atoms with Crippen molar-refractivity contribution in [2.75, 3.05) is 25.0 Å². The highest BCUT2D eigenvalue weighted by molar-refractivity contribution is 5.97. The van der Waals surface area contributed by atoms with E-state index in [1.807, 2.05) is 6.92 Å². The van der Waals surface area contributed by atoms with Crippen molar-refractivity contribution in [3.8, 4) is 5.75 Å². The fourth-order valence-corrected chi connectivity index (χ4v) is 3.53. The van der Waals surface area contributed by atoms with Crippen LogP contribution in [0.1, 0.15) is 42.1 Å². The Morgan fingerprint density at radius 2 is 1.88 bits per heavy atom. The molecular formula is C23H24F4N2O3. The van der Waals surface area contributed by atoms with Crippen molar-refractivity contribution in [3.63, 3.8) is 0 Å². The number of alkyl halides is 3. The minimum Gasteiger partial charge on any atom is -0.491 e. The molecule has 0 spiro atoms. The molecule has 0 aromatic heterocycles. The normalized spacial score (nSPS) is 16.5. The van der Waals surface area contributed by atoms with Gasteiger partial charge in [-0.2, -0.15) is 13.2 Å². The Morgan fingerprint density at radius 1 is 1.16 bits per heavy atom. The second-order valence-corrected chi connectivity index (χ2v) is 7.64. The van der Waals surface area contributed by atoms with Crippen molar-refractivity contribution in [2.45, 2.75) is 32.4 Å². The Bertz CT molecular complexity index is 961. The van der Waals surface area contributed by atoms with Crippen LogP contribution in [0.2, 0.25) is 0 Å². The van der Waals surface area contributed by atoms with E-state index in [-0.39, 0.29) is 30.5 Å². The first-order valence-electron chi connectivity index (χ1n) is 10.4. The lowest BCUT2D eigenvalue weighted by atomic mass is 9.96. The molecule has 3 rings (SSSR count). The van der Waals surface area contributed by atoms with Gasteiger partial charge >= 0.3 is 6.18 Å². The fraction of sp³-hybridized carbons (Fsp3) is 0.391. The predicted octanol–water partition coefficient (Wildman–Crippen LogP) is 5.12. The Kier molecular flexibility index (Phi) is 7.37. The van der Waals surface area contributed by atoms with Gasteiger partial charge in [-0.25, -0.2) is 4.39 Å². The average Bonchev–Trinajstić information content (AvgIpc) is 2.77. The number of amides is 2. The van der Waals surface area contributed by atoms with Crippen LogP contribution in [0.15, 0.2) is 42.5 Å². The first kappa shape index (κ1) is 23.6. The van der Waals surface area contributed by atoms with Gasteiger partial charge in [0, 0.05) is 18.7 Å². The average molecular weight is 452 g/mol. The largest absolute Gasteiger partial charge is 0.491 e. The SMILES string of the molecule is CCCOc1ccc(C(F)(F)F)cc1NC(=O)[C@H]1CCCN(C(=O)c2ccc(F)cc2)C1. The summed E-state index contributed by atoms with van der Waals surface area (Å²) in [6.45, 7) is 2.70. The van der Waals surface area contributed by atoms with Gasteiger partial charge in [-0.1, -0.05) is 6.92 Å². The first-order chi connectivity index (χ1) is 15.2. The highest BCUT2D eigenvalue weighted by Gasteiger charge is 2.33. The van der Waals surface area contributed by atoms with Crippen LogP contribution < -0.4 is 10.1 Å². The fourth-order valence-electron chi connectivity index (χ4n) is 3.53. The van der Waals surface area contributed by atoms with Gasteiger partial charge in [0.05, 0.1) is 23.8 Å². The molecule has 0 aliphatic carbocycles. The van der Waals surface area contributed by atoms with Crippen LogP contribution in [0, 0.1) is 11.7 Å². The van der Waals surface area contributed by atoms with Gasteiger partial charge in [0.2, 0.25) is 5.91 Å². The molecule has 0 radical (unpaired) electrons. The molecule has 1 aliphatic rings. The number of likely N-dealkylation sites (tertiary alicyclic amines) is 1. The monoisotopic (exact) mass is 452 g/mol. The van der Waals surface area contributed by atoms with Crippen molar-refractivity contribution >= 4 is 17.5 Å². The lowest BCUT2D eigenvalue weighted by molar-refractivity contribution is -0.137. The number of piperidine rings is 1. The number of carbonyl (C=O) groups excluding carboxylic acids is 2. The second-order valence-electron chi connectivity index (χ2n) is 7.64. The lowest BCUT2D eigenvalue weighted by Crippen LogP contribution is -2.43. The topological polar surface area (TPSA) is 58.6 Å². The Balaban J connectivity index is 1.74. The number of nitrogens with zero attached hydrogens (tertiary/aromatic N) is 1. The molecule has 0 saturated carbocycles. The molecule has 1 aliphatic heterocycles. The molecule has 1 heterocycles. The van der Waals surface area contributed by atoms with E-state index in [4.69, 9.17) is 4.74 Å². The minimum atomic E-state index is -4.56. The minimum absolute atomic E-state index is 0.0553. The molecule has 5 nitrogen and oxygen atoms in total. The number of hydrogen-bond acceptors (Lipinski definition) is 3. The summed E-state index contributed by atoms with van der Waals surface area (Å²) in [5, 5.41) is 2.56. The van der Waals surface area contributed by atoms with Crippen LogP contribution in [0.4, 0.5) is 23.2 Å². The van der Waals surface area contributed by atoms with Crippen LogP contribution >= 0.6 is 0 Å². The number of halogens is 4. The van der Waals surface area contributed by atoms with Crippen LogP contribution in [0.3, 0.4) is 0 Å². The number of nitrogens with one attached hydrogen (secondary N) is 1. The van der Waals surface area contributed by atoms with Crippen LogP contribution in [-0.2, 0) is 11.0 Å². The summed E-state index contributed by atoms with van der Waals surface area (Å²) in [4.78, 5) is 27.1. The van der Waals surface area contributed by atoms with Crippen molar-refractivity contribution in [2.24, 2.45) is 5.92 Å². The van der Waals surface area contributed by atoms with Crippen molar-refractivity contribution in [3.05, 3.63) is 59.4 Å². The summed E-state index contributed by atoms with van der Waals surface area (Å²) in [5.41, 5.74) is -0.644. The maximum absolute atomic E-state index is 13.1. The van der Waals surface area contributed by atoms with Crippen molar-refractivity contribution < 1.29 is 31.9 Å². The Labute approximate surface area is 183 Å². The third-order valence-corrected chi connectivity index (χ3v) is 5.20. The summed E-state index contributed by atoms with van der Waals surface area (Å²) in [6.07, 6.45) is -2.86. The van der Waals surface area contributed by atoms with E-state index < -0.39 is 29.4 Å². The van der Waals surface area contributed by atoms with Crippen molar-refractivity contribution in [1.29, 1.82) is 0 Å². The summed E-state index contributed by atoms with van der Waals surface area (Å²) < 4.78 is 58.1. The quantitative estimate of drug-likeness (QED) is 0.619. The molecule has 1 saturated heterocycles. The number of rotatable bonds is 6. The van der Waals surface area contributed by atoms with Gasteiger partial charge in [-0.05, 0) is 61.7 Å². The number of ether oxygens (including phenoxy) is 1. The van der Waals surface area contributed by atoms with Gasteiger partial charge in [0.1, 0.15) is 11.6 Å². The highest BCUT2D eigenvalue weighted by Crippen LogP contribution is 2.35. The third-order valence-electron chi connectivity index (χ3n) is 5.20. The molecule has 0 bridgehead atoms. The number of benzene rings is 2. The van der Waals surface area contributed by atoms with Gasteiger partial charge in [-0.15, -0.1) is 0 Å². The Morgan fingerprint density at radius 3 is 2.53 bits per heavy atom. The molecule has 172 valence electrons. The maximum Gasteiger partial charge on any atom is 0.416 e. The van der Waals surface area contributed by atoms with Gasteiger partial charge in [-0.3, -0.25) is 9.59 Å². The molecule has 2 aromatic carbocycles. The highest BCUT2D eigenvalue weighted by atomic mass is 19.4. The van der Waals surface area contributed by atoms with Crippen molar-refractivity contribution in [1.82, 2.24) is 4.90 Å². The van der Waals surface area contributed by atoms with Gasteiger partial charge < -0.3 is 15.0 Å². The van der Waals surface area contributed by atoms with Gasteiger partial charge in [0.25, 0.3) is 5.91 Å². The molecule has 1 atom stereocenters. The van der Waals surface area contributed by atoms with Crippen LogP contribution in [-0.4, -0.2) is 36.4 Å². The van der Waals surface area contributed by atoms with Crippen LogP contribution in [0.5, 0.6) is 5.75 Å². The zero-order valence-corrected chi connectivity index (χ0v) is 17.5. The molecule has 32 heavy (non-hydrogen) atoms. The summed E-state index contributed by atoms with van der Waals surface area (Å²) in [7, 11) is 0. The Hall–Kier alpha value is -3.10. The zero-order chi connectivity index (χ0) is 23.3.